The van der Waals surface area contributed by atoms with Gasteiger partial charge in [0.15, 0.2) is 17.5 Å². The number of rotatable bonds is 2. The van der Waals surface area contributed by atoms with E-state index >= 15 is 0 Å². The van der Waals surface area contributed by atoms with Gasteiger partial charge in [-0.2, -0.15) is 0 Å². The molecule has 0 radical (unpaired) electrons. The Kier molecular flexibility index (Phi) is 5.80. The molecule has 1 aromatic rings. The van der Waals surface area contributed by atoms with Crippen molar-refractivity contribution in [3.8, 4) is 0 Å². The van der Waals surface area contributed by atoms with Gasteiger partial charge in [-0.25, -0.2) is 0 Å². The molecule has 1 aromatic carbocycles. The largest absolute Gasteiger partial charge is 0.430 e. The first kappa shape index (κ1) is 15.8. The van der Waals surface area contributed by atoms with Crippen LogP contribution in [0.4, 0.5) is 0 Å². The number of Topliss-reactive ketones (excluding diaryl/α,β-unsaturated/α-hetero) is 1. The summed E-state index contributed by atoms with van der Waals surface area (Å²) in [6, 6.07) is 9.52. The maximum absolute atomic E-state index is 11.1. The van der Waals surface area contributed by atoms with Crippen molar-refractivity contribution in [2.75, 3.05) is 0 Å². The van der Waals surface area contributed by atoms with Crippen molar-refractivity contribution in [3.63, 3.8) is 0 Å². The van der Waals surface area contributed by atoms with Crippen molar-refractivity contribution in [1.29, 1.82) is 0 Å². The zero-order valence-corrected chi connectivity index (χ0v) is 11.3. The van der Waals surface area contributed by atoms with E-state index < -0.39 is 23.5 Å². The van der Waals surface area contributed by atoms with Crippen LogP contribution in [0.3, 0.4) is 0 Å². The quantitative estimate of drug-likeness (QED) is 0.652. The lowest BCUT2D eigenvalue weighted by atomic mass is 9.98. The molecule has 1 unspecified atom stereocenters. The summed E-state index contributed by atoms with van der Waals surface area (Å²) in [6.45, 7) is 2.82. The second kappa shape index (κ2) is 7.35. The fraction of sp³-hybridized carbons (Fsp3) is 0.267. The number of cyclic esters (lactones) is 1. The molecule has 5 heteroatoms. The molecule has 1 N–H and O–H groups in total. The van der Waals surface area contributed by atoms with Crippen LogP contribution in [-0.4, -0.2) is 22.6 Å². The number of hydrogen-bond donors (Lipinski definition) is 1. The minimum Gasteiger partial charge on any atom is -0.430 e. The predicted molar refractivity (Wildman–Crippen MR) is 71.4 cm³/mol. The van der Waals surface area contributed by atoms with Crippen molar-refractivity contribution < 1.29 is 24.2 Å². The average Bonchev–Trinajstić information content (AvgIpc) is 2.38. The summed E-state index contributed by atoms with van der Waals surface area (Å²) in [7, 11) is 0. The second-order valence-electron chi connectivity index (χ2n) is 4.27. The Morgan fingerprint density at radius 3 is 2.25 bits per heavy atom. The molecule has 20 heavy (non-hydrogen) atoms. The number of ether oxygens (including phenoxy) is 1. The Morgan fingerprint density at radius 2 is 1.85 bits per heavy atom. The third-order valence-electron chi connectivity index (χ3n) is 2.56. The van der Waals surface area contributed by atoms with Gasteiger partial charge in [0.25, 0.3) is 0 Å². The fourth-order valence-corrected chi connectivity index (χ4v) is 1.60. The highest BCUT2D eigenvalue weighted by Gasteiger charge is 2.34. The van der Waals surface area contributed by atoms with E-state index in [9.17, 15) is 14.4 Å². The van der Waals surface area contributed by atoms with Crippen molar-refractivity contribution in [3.05, 3.63) is 47.7 Å². The lowest BCUT2D eigenvalue weighted by Gasteiger charge is -2.15. The molecule has 106 valence electrons. The van der Waals surface area contributed by atoms with Gasteiger partial charge in [0.1, 0.15) is 5.76 Å². The Morgan fingerprint density at radius 1 is 1.25 bits per heavy atom. The zero-order valence-electron chi connectivity index (χ0n) is 11.3. The highest BCUT2D eigenvalue weighted by atomic mass is 16.5. The summed E-state index contributed by atoms with van der Waals surface area (Å²) in [5, 5.41) is 8.54. The second-order valence-corrected chi connectivity index (χ2v) is 4.27. The molecule has 1 aliphatic rings. The fourth-order valence-electron chi connectivity index (χ4n) is 1.60. The highest BCUT2D eigenvalue weighted by molar-refractivity contribution is 6.21. The SMILES string of the molecule is CC(=O)C1C(=O)C=C(C)OC1=O.OCc1ccccc1. The van der Waals surface area contributed by atoms with E-state index in [0.717, 1.165) is 11.6 Å². The molecule has 0 saturated heterocycles. The van der Waals surface area contributed by atoms with Gasteiger partial charge in [0.05, 0.1) is 6.61 Å². The first-order valence-corrected chi connectivity index (χ1v) is 6.04. The Bertz CT molecular complexity index is 530. The smallest absolute Gasteiger partial charge is 0.329 e. The summed E-state index contributed by atoms with van der Waals surface area (Å²) >= 11 is 0. The Hall–Kier alpha value is -2.27. The molecule has 0 saturated carbocycles. The third-order valence-corrected chi connectivity index (χ3v) is 2.56. The van der Waals surface area contributed by atoms with E-state index in [1.807, 2.05) is 30.3 Å². The minimum absolute atomic E-state index is 0.140. The first-order chi connectivity index (χ1) is 9.45. The standard InChI is InChI=1S/C8H8O4.C7H8O/c1-4-3-6(10)7(5(2)9)8(11)12-4;8-6-7-4-2-1-3-5-7/h3,7H,1-2H3;1-5,8H,6H2. The highest BCUT2D eigenvalue weighted by Crippen LogP contribution is 2.14. The van der Waals surface area contributed by atoms with Crippen LogP contribution < -0.4 is 0 Å². The van der Waals surface area contributed by atoms with Gasteiger partial charge in [-0.15, -0.1) is 0 Å². The lowest BCUT2D eigenvalue weighted by Crippen LogP contribution is -2.33. The summed E-state index contributed by atoms with van der Waals surface area (Å²) in [4.78, 5) is 32.8. The zero-order chi connectivity index (χ0) is 15.1. The monoisotopic (exact) mass is 276 g/mol. The van der Waals surface area contributed by atoms with E-state index in [1.54, 1.807) is 0 Å². The number of benzene rings is 1. The molecule has 0 amide bonds. The van der Waals surface area contributed by atoms with Crippen molar-refractivity contribution >= 4 is 17.5 Å². The third kappa shape index (κ3) is 4.44. The summed E-state index contributed by atoms with van der Waals surface area (Å²) in [6.07, 6.45) is 1.16. The topological polar surface area (TPSA) is 80.7 Å². The van der Waals surface area contributed by atoms with Gasteiger partial charge in [-0.3, -0.25) is 14.4 Å². The van der Waals surface area contributed by atoms with E-state index in [1.165, 1.54) is 13.8 Å². The van der Waals surface area contributed by atoms with Crippen LogP contribution in [0.15, 0.2) is 42.2 Å². The first-order valence-electron chi connectivity index (χ1n) is 6.04. The molecule has 2 rings (SSSR count). The van der Waals surface area contributed by atoms with Crippen molar-refractivity contribution in [2.24, 2.45) is 5.92 Å². The number of esters is 1. The van der Waals surface area contributed by atoms with Crippen molar-refractivity contribution in [2.45, 2.75) is 20.5 Å². The molecule has 1 atom stereocenters. The van der Waals surface area contributed by atoms with Crippen LogP contribution in [0.1, 0.15) is 19.4 Å². The molecule has 5 nitrogen and oxygen atoms in total. The normalized spacial score (nSPS) is 17.6. The van der Waals surface area contributed by atoms with E-state index in [-0.39, 0.29) is 12.4 Å². The Balaban J connectivity index is 0.000000217. The molecular formula is C15H16O5. The molecule has 0 bridgehead atoms. The lowest BCUT2D eigenvalue weighted by molar-refractivity contribution is -0.152. The average molecular weight is 276 g/mol. The van der Waals surface area contributed by atoms with Gasteiger partial charge >= 0.3 is 5.97 Å². The maximum atomic E-state index is 11.1. The van der Waals surface area contributed by atoms with Crippen LogP contribution in [0, 0.1) is 5.92 Å². The van der Waals surface area contributed by atoms with E-state index in [4.69, 9.17) is 5.11 Å². The van der Waals surface area contributed by atoms with Gasteiger partial charge in [0.2, 0.25) is 0 Å². The van der Waals surface area contributed by atoms with Crippen LogP contribution in [-0.2, 0) is 25.7 Å². The number of aliphatic hydroxyl groups excluding tert-OH is 1. The van der Waals surface area contributed by atoms with Crippen LogP contribution in [0.2, 0.25) is 0 Å². The number of ketones is 2. The van der Waals surface area contributed by atoms with Crippen LogP contribution in [0.25, 0.3) is 0 Å². The van der Waals surface area contributed by atoms with Gasteiger partial charge in [0, 0.05) is 6.08 Å². The molecule has 1 heterocycles. The van der Waals surface area contributed by atoms with Crippen LogP contribution >= 0.6 is 0 Å². The minimum atomic E-state index is -1.24. The van der Waals surface area contributed by atoms with E-state index in [2.05, 4.69) is 4.74 Å². The van der Waals surface area contributed by atoms with Gasteiger partial charge in [-0.1, -0.05) is 30.3 Å². The Labute approximate surface area is 116 Å². The van der Waals surface area contributed by atoms with Crippen LogP contribution in [0.5, 0.6) is 0 Å². The molecule has 0 spiro atoms. The molecule has 0 aromatic heterocycles. The van der Waals surface area contributed by atoms with Gasteiger partial charge in [-0.05, 0) is 19.4 Å². The predicted octanol–water partition coefficient (Wildman–Crippen LogP) is 1.40. The number of aliphatic hydroxyl groups is 1. The van der Waals surface area contributed by atoms with Gasteiger partial charge < -0.3 is 9.84 Å². The van der Waals surface area contributed by atoms with Crippen molar-refractivity contribution in [1.82, 2.24) is 0 Å². The summed E-state index contributed by atoms with van der Waals surface area (Å²) in [5.74, 6) is -2.74. The number of hydrogen-bond acceptors (Lipinski definition) is 5. The van der Waals surface area contributed by atoms with E-state index in [0.29, 0.717) is 0 Å². The molecule has 0 aliphatic carbocycles. The molecular weight excluding hydrogens is 260 g/mol. The number of carbonyl (C=O) groups is 3. The molecule has 1 aliphatic heterocycles. The summed E-state index contributed by atoms with van der Waals surface area (Å²) < 4.78 is 4.61. The number of carbonyl (C=O) groups excluding carboxylic acids is 3. The maximum Gasteiger partial charge on any atom is 0.329 e. The number of allylic oxidation sites excluding steroid dienone is 2. The summed E-state index contributed by atoms with van der Waals surface area (Å²) in [5.41, 5.74) is 0.965. The molecule has 0 fully saturated rings.